The molecule has 2 N–H and O–H groups in total. The van der Waals surface area contributed by atoms with E-state index in [4.69, 9.17) is 5.11 Å². The summed E-state index contributed by atoms with van der Waals surface area (Å²) in [6.07, 6.45) is 0.920. The van der Waals surface area contributed by atoms with Crippen LogP contribution in [0.3, 0.4) is 0 Å². The summed E-state index contributed by atoms with van der Waals surface area (Å²) in [4.78, 5) is 17.0. The largest absolute Gasteiger partial charge is 0.481 e. The minimum Gasteiger partial charge on any atom is -0.481 e. The standard InChI is InChI=1S/C11H8F2N2O2/c12-6-1-2-8(13)7(3-6)11-9(4-10(16)17)14-5-15-11/h1-3,5H,4H2,(H,14,15)(H,16,17). The summed E-state index contributed by atoms with van der Waals surface area (Å²) in [6.45, 7) is 0. The molecule has 2 aromatic rings. The van der Waals surface area contributed by atoms with Crippen LogP contribution in [0.15, 0.2) is 24.5 Å². The van der Waals surface area contributed by atoms with E-state index in [-0.39, 0.29) is 23.4 Å². The Hall–Kier alpha value is -2.24. The van der Waals surface area contributed by atoms with Gasteiger partial charge in [0.15, 0.2) is 0 Å². The van der Waals surface area contributed by atoms with E-state index in [0.717, 1.165) is 18.2 Å². The Balaban J connectivity index is 2.49. The molecule has 0 aliphatic carbocycles. The first kappa shape index (κ1) is 11.3. The molecule has 88 valence electrons. The molecular formula is C11H8F2N2O2. The van der Waals surface area contributed by atoms with Crippen LogP contribution in [0, 0.1) is 11.6 Å². The fourth-order valence-corrected chi connectivity index (χ4v) is 1.52. The van der Waals surface area contributed by atoms with Gasteiger partial charge >= 0.3 is 5.97 Å². The Morgan fingerprint density at radius 1 is 1.41 bits per heavy atom. The number of aliphatic carboxylic acids is 1. The summed E-state index contributed by atoms with van der Waals surface area (Å²) in [5.41, 5.74) is 0.300. The highest BCUT2D eigenvalue weighted by molar-refractivity contribution is 5.74. The molecule has 0 fully saturated rings. The number of carboxylic acid groups (broad SMARTS) is 1. The number of H-pyrrole nitrogens is 1. The number of nitrogens with one attached hydrogen (secondary N) is 1. The van der Waals surface area contributed by atoms with Crippen molar-refractivity contribution in [1.82, 2.24) is 9.97 Å². The molecule has 4 nitrogen and oxygen atoms in total. The van der Waals surface area contributed by atoms with E-state index in [9.17, 15) is 13.6 Å². The van der Waals surface area contributed by atoms with Gasteiger partial charge in [0.25, 0.3) is 0 Å². The summed E-state index contributed by atoms with van der Waals surface area (Å²) < 4.78 is 26.5. The molecule has 1 aromatic carbocycles. The molecule has 6 heteroatoms. The summed E-state index contributed by atoms with van der Waals surface area (Å²) in [5, 5.41) is 8.66. The van der Waals surface area contributed by atoms with E-state index in [1.165, 1.54) is 6.33 Å². The molecule has 0 saturated heterocycles. The Morgan fingerprint density at radius 3 is 2.88 bits per heavy atom. The van der Waals surface area contributed by atoms with Gasteiger partial charge < -0.3 is 10.1 Å². The second-order valence-electron chi connectivity index (χ2n) is 3.42. The zero-order valence-electron chi connectivity index (χ0n) is 8.58. The monoisotopic (exact) mass is 238 g/mol. The highest BCUT2D eigenvalue weighted by Gasteiger charge is 2.15. The zero-order chi connectivity index (χ0) is 12.4. The number of carboxylic acids is 1. The van der Waals surface area contributed by atoms with E-state index in [1.54, 1.807) is 0 Å². The smallest absolute Gasteiger partial charge is 0.309 e. The normalized spacial score (nSPS) is 10.5. The van der Waals surface area contributed by atoms with Gasteiger partial charge in [0.05, 0.1) is 24.1 Å². The van der Waals surface area contributed by atoms with Crippen molar-refractivity contribution in [3.63, 3.8) is 0 Å². The predicted octanol–water partition coefficient (Wildman–Crippen LogP) is 1.98. The van der Waals surface area contributed by atoms with Crippen molar-refractivity contribution in [2.24, 2.45) is 0 Å². The number of benzene rings is 1. The first-order valence-electron chi connectivity index (χ1n) is 4.77. The van der Waals surface area contributed by atoms with Crippen LogP contribution in [-0.2, 0) is 11.2 Å². The number of aromatic amines is 1. The Labute approximate surface area is 94.9 Å². The third-order valence-corrected chi connectivity index (χ3v) is 2.23. The molecule has 0 aliphatic rings. The maximum absolute atomic E-state index is 13.5. The highest BCUT2D eigenvalue weighted by atomic mass is 19.1. The number of aromatic nitrogens is 2. The molecule has 2 rings (SSSR count). The average molecular weight is 238 g/mol. The minimum absolute atomic E-state index is 0.0532. The Kier molecular flexibility index (Phi) is 2.86. The quantitative estimate of drug-likeness (QED) is 0.859. The lowest BCUT2D eigenvalue weighted by molar-refractivity contribution is -0.136. The van der Waals surface area contributed by atoms with Crippen LogP contribution < -0.4 is 0 Å². The molecule has 0 amide bonds. The third kappa shape index (κ3) is 2.30. The van der Waals surface area contributed by atoms with E-state index < -0.39 is 17.6 Å². The van der Waals surface area contributed by atoms with Crippen LogP contribution in [0.4, 0.5) is 8.78 Å². The van der Waals surface area contributed by atoms with Crippen LogP contribution in [0.5, 0.6) is 0 Å². The summed E-state index contributed by atoms with van der Waals surface area (Å²) in [6, 6.07) is 2.95. The Morgan fingerprint density at radius 2 is 2.18 bits per heavy atom. The number of imidazole rings is 1. The van der Waals surface area contributed by atoms with Crippen molar-refractivity contribution >= 4 is 5.97 Å². The van der Waals surface area contributed by atoms with Crippen molar-refractivity contribution in [2.45, 2.75) is 6.42 Å². The van der Waals surface area contributed by atoms with Crippen LogP contribution in [0.25, 0.3) is 11.3 Å². The maximum Gasteiger partial charge on any atom is 0.309 e. The van der Waals surface area contributed by atoms with Gasteiger partial charge in [-0.1, -0.05) is 0 Å². The summed E-state index contributed by atoms with van der Waals surface area (Å²) in [7, 11) is 0. The van der Waals surface area contributed by atoms with Gasteiger partial charge in [0, 0.05) is 5.56 Å². The third-order valence-electron chi connectivity index (χ3n) is 2.23. The molecule has 0 atom stereocenters. The van der Waals surface area contributed by atoms with E-state index >= 15 is 0 Å². The van der Waals surface area contributed by atoms with Gasteiger partial charge in [-0.2, -0.15) is 0 Å². The van der Waals surface area contributed by atoms with Crippen molar-refractivity contribution in [3.05, 3.63) is 41.9 Å². The fourth-order valence-electron chi connectivity index (χ4n) is 1.52. The molecule has 17 heavy (non-hydrogen) atoms. The van der Waals surface area contributed by atoms with Gasteiger partial charge in [-0.15, -0.1) is 0 Å². The van der Waals surface area contributed by atoms with Crippen LogP contribution in [0.1, 0.15) is 5.69 Å². The van der Waals surface area contributed by atoms with Crippen molar-refractivity contribution < 1.29 is 18.7 Å². The van der Waals surface area contributed by atoms with Gasteiger partial charge in [-0.3, -0.25) is 4.79 Å². The van der Waals surface area contributed by atoms with Gasteiger partial charge in [-0.05, 0) is 18.2 Å². The molecular weight excluding hydrogens is 230 g/mol. The molecule has 1 heterocycles. The number of nitrogens with zero attached hydrogens (tertiary/aromatic N) is 1. The molecule has 1 aromatic heterocycles. The topological polar surface area (TPSA) is 66.0 Å². The van der Waals surface area contributed by atoms with Crippen LogP contribution in [-0.4, -0.2) is 21.0 Å². The van der Waals surface area contributed by atoms with E-state index in [0.29, 0.717) is 0 Å². The summed E-state index contributed by atoms with van der Waals surface area (Å²) in [5.74, 6) is -2.33. The average Bonchev–Trinajstić information content (AvgIpc) is 2.69. The molecule has 0 bridgehead atoms. The number of carbonyl (C=O) groups is 1. The Bertz CT molecular complexity index is 566. The molecule has 0 unspecified atom stereocenters. The summed E-state index contributed by atoms with van der Waals surface area (Å²) >= 11 is 0. The second-order valence-corrected chi connectivity index (χ2v) is 3.42. The van der Waals surface area contributed by atoms with Crippen molar-refractivity contribution in [3.8, 4) is 11.3 Å². The number of hydrogen-bond acceptors (Lipinski definition) is 2. The lowest BCUT2D eigenvalue weighted by Gasteiger charge is -2.02. The molecule has 0 spiro atoms. The predicted molar refractivity (Wildman–Crippen MR) is 55.3 cm³/mol. The maximum atomic E-state index is 13.5. The lowest BCUT2D eigenvalue weighted by Crippen LogP contribution is -2.02. The minimum atomic E-state index is -1.08. The zero-order valence-corrected chi connectivity index (χ0v) is 8.58. The van der Waals surface area contributed by atoms with Gasteiger partial charge in [-0.25, -0.2) is 13.8 Å². The molecule has 0 saturated carbocycles. The van der Waals surface area contributed by atoms with Crippen LogP contribution in [0.2, 0.25) is 0 Å². The van der Waals surface area contributed by atoms with Crippen molar-refractivity contribution in [1.29, 1.82) is 0 Å². The number of hydrogen-bond donors (Lipinski definition) is 2. The van der Waals surface area contributed by atoms with Gasteiger partial charge in [0.2, 0.25) is 0 Å². The van der Waals surface area contributed by atoms with E-state index in [1.807, 2.05) is 0 Å². The second kappa shape index (κ2) is 4.32. The highest BCUT2D eigenvalue weighted by Crippen LogP contribution is 2.24. The number of rotatable bonds is 3. The SMILES string of the molecule is O=C(O)Cc1[nH]cnc1-c1cc(F)ccc1F. The number of halogens is 2. The lowest BCUT2D eigenvalue weighted by atomic mass is 10.1. The molecule has 0 radical (unpaired) electrons. The first-order valence-corrected chi connectivity index (χ1v) is 4.77. The first-order chi connectivity index (χ1) is 8.08. The van der Waals surface area contributed by atoms with E-state index in [2.05, 4.69) is 9.97 Å². The van der Waals surface area contributed by atoms with Gasteiger partial charge in [0.1, 0.15) is 11.6 Å². The fraction of sp³-hybridized carbons (Fsp3) is 0.0909. The molecule has 0 aliphatic heterocycles. The van der Waals surface area contributed by atoms with Crippen LogP contribution >= 0.6 is 0 Å². The van der Waals surface area contributed by atoms with Crippen molar-refractivity contribution in [2.75, 3.05) is 0 Å².